The summed E-state index contributed by atoms with van der Waals surface area (Å²) < 4.78 is 1.35. The number of thioether (sulfide) groups is 1. The lowest BCUT2D eigenvalue weighted by Crippen LogP contribution is -2.15. The number of hydrogen-bond acceptors (Lipinski definition) is 5. The number of aromatic nitrogens is 5. The number of aromatic amines is 1. The molecule has 0 unspecified atom stereocenters. The first-order chi connectivity index (χ1) is 12.2. The molecule has 0 bridgehead atoms. The van der Waals surface area contributed by atoms with Crippen LogP contribution in [0.1, 0.15) is 11.3 Å². The summed E-state index contributed by atoms with van der Waals surface area (Å²) in [6.07, 6.45) is 3.38. The maximum atomic E-state index is 12.3. The molecule has 7 heteroatoms. The highest BCUT2D eigenvalue weighted by molar-refractivity contribution is 7.98. The second-order valence-electron chi connectivity index (χ2n) is 5.64. The highest BCUT2D eigenvalue weighted by Crippen LogP contribution is 2.22. The molecular weight excluding hydrogens is 334 g/mol. The van der Waals surface area contributed by atoms with Gasteiger partial charge in [0.25, 0.3) is 11.3 Å². The van der Waals surface area contributed by atoms with Crippen LogP contribution in [0.15, 0.2) is 64.5 Å². The number of rotatable bonds is 4. The molecule has 0 atom stereocenters. The van der Waals surface area contributed by atoms with Crippen molar-refractivity contribution in [2.24, 2.45) is 0 Å². The molecule has 1 N–H and O–H groups in total. The lowest BCUT2D eigenvalue weighted by molar-refractivity contribution is 0.890. The third-order valence-corrected chi connectivity index (χ3v) is 4.77. The molecule has 6 nitrogen and oxygen atoms in total. The predicted octanol–water partition coefficient (Wildman–Crippen LogP) is 3.08. The normalized spacial score (nSPS) is 11.1. The van der Waals surface area contributed by atoms with E-state index in [1.54, 1.807) is 30.2 Å². The minimum atomic E-state index is -0.174. The Morgan fingerprint density at radius 1 is 1.16 bits per heavy atom. The van der Waals surface area contributed by atoms with Crippen molar-refractivity contribution in [3.63, 3.8) is 0 Å². The van der Waals surface area contributed by atoms with E-state index in [9.17, 15) is 4.79 Å². The summed E-state index contributed by atoms with van der Waals surface area (Å²) in [5.74, 6) is 1.55. The number of benzene rings is 1. The summed E-state index contributed by atoms with van der Waals surface area (Å²) >= 11 is 1.64. The van der Waals surface area contributed by atoms with Crippen molar-refractivity contribution in [2.75, 3.05) is 0 Å². The second kappa shape index (κ2) is 6.52. The van der Waals surface area contributed by atoms with Crippen molar-refractivity contribution in [3.05, 3.63) is 76.5 Å². The summed E-state index contributed by atoms with van der Waals surface area (Å²) in [4.78, 5) is 26.5. The van der Waals surface area contributed by atoms with Gasteiger partial charge in [-0.2, -0.15) is 9.50 Å². The van der Waals surface area contributed by atoms with Gasteiger partial charge in [-0.25, -0.2) is 4.98 Å². The summed E-state index contributed by atoms with van der Waals surface area (Å²) in [6.45, 7) is 2.06. The van der Waals surface area contributed by atoms with Crippen LogP contribution in [-0.4, -0.2) is 24.6 Å². The van der Waals surface area contributed by atoms with Gasteiger partial charge in [0, 0.05) is 34.7 Å². The molecule has 0 aliphatic heterocycles. The molecule has 0 saturated carbocycles. The van der Waals surface area contributed by atoms with E-state index in [4.69, 9.17) is 0 Å². The molecule has 0 aliphatic carbocycles. The van der Waals surface area contributed by atoms with Gasteiger partial charge >= 0.3 is 0 Å². The zero-order valence-corrected chi connectivity index (χ0v) is 14.3. The molecule has 0 radical (unpaired) electrons. The SMILES string of the molecule is Cc1ccc(SCc2cc(=O)n3[nH]c(-c4cccnc4)nc3n2)cc1. The highest BCUT2D eigenvalue weighted by Gasteiger charge is 2.10. The Bertz CT molecular complexity index is 1070. The average Bonchev–Trinajstić information content (AvgIpc) is 3.07. The van der Waals surface area contributed by atoms with Gasteiger partial charge in [-0.15, -0.1) is 11.8 Å². The lowest BCUT2D eigenvalue weighted by atomic mass is 10.2. The molecule has 0 amide bonds. The fourth-order valence-electron chi connectivity index (χ4n) is 2.43. The summed E-state index contributed by atoms with van der Waals surface area (Å²) in [5, 5.41) is 2.97. The summed E-state index contributed by atoms with van der Waals surface area (Å²) in [6, 6.07) is 13.5. The van der Waals surface area contributed by atoms with Crippen LogP contribution in [0.5, 0.6) is 0 Å². The molecule has 4 aromatic rings. The first kappa shape index (κ1) is 15.6. The molecule has 0 fully saturated rings. The van der Waals surface area contributed by atoms with Crippen molar-refractivity contribution in [2.45, 2.75) is 17.6 Å². The Labute approximate surface area is 148 Å². The Balaban J connectivity index is 1.62. The van der Waals surface area contributed by atoms with Gasteiger partial charge in [0.05, 0.1) is 5.69 Å². The number of H-pyrrole nitrogens is 1. The molecule has 1 aromatic carbocycles. The predicted molar refractivity (Wildman–Crippen MR) is 97.6 cm³/mol. The van der Waals surface area contributed by atoms with E-state index in [2.05, 4.69) is 51.2 Å². The minimum absolute atomic E-state index is 0.174. The van der Waals surface area contributed by atoms with Crippen LogP contribution in [0.3, 0.4) is 0 Å². The molecule has 25 heavy (non-hydrogen) atoms. The van der Waals surface area contributed by atoms with Gasteiger partial charge in [-0.1, -0.05) is 17.7 Å². The zero-order chi connectivity index (χ0) is 17.2. The number of fused-ring (bicyclic) bond motifs is 1. The van der Waals surface area contributed by atoms with Crippen LogP contribution in [0.25, 0.3) is 17.2 Å². The maximum absolute atomic E-state index is 12.3. The van der Waals surface area contributed by atoms with Crippen molar-refractivity contribution >= 4 is 17.5 Å². The molecular formula is C18H15N5OS. The molecule has 124 valence electrons. The lowest BCUT2D eigenvalue weighted by Gasteiger charge is -2.02. The number of pyridine rings is 1. The van der Waals surface area contributed by atoms with Crippen LogP contribution in [0.4, 0.5) is 0 Å². The Morgan fingerprint density at radius 2 is 2.00 bits per heavy atom. The van der Waals surface area contributed by atoms with Crippen molar-refractivity contribution in [1.82, 2.24) is 24.6 Å². The van der Waals surface area contributed by atoms with E-state index >= 15 is 0 Å². The third kappa shape index (κ3) is 3.32. The standard InChI is InChI=1S/C18H15N5OS/c1-12-4-6-15(7-5-12)25-11-14-9-16(24)23-18(20-14)21-17(22-23)13-3-2-8-19-10-13/h2-10H,11H2,1H3,(H,20,21,22). The first-order valence-corrected chi connectivity index (χ1v) is 8.76. The highest BCUT2D eigenvalue weighted by atomic mass is 32.2. The van der Waals surface area contributed by atoms with Crippen molar-refractivity contribution in [3.8, 4) is 11.4 Å². The minimum Gasteiger partial charge on any atom is -0.271 e. The molecule has 4 rings (SSSR count). The Morgan fingerprint density at radius 3 is 2.76 bits per heavy atom. The van der Waals surface area contributed by atoms with E-state index in [0.717, 1.165) is 10.5 Å². The van der Waals surface area contributed by atoms with Crippen LogP contribution < -0.4 is 5.56 Å². The average molecular weight is 349 g/mol. The Hall–Kier alpha value is -2.93. The quantitative estimate of drug-likeness (QED) is 0.573. The van der Waals surface area contributed by atoms with E-state index in [1.807, 2.05) is 12.1 Å². The number of aryl methyl sites for hydroxylation is 1. The third-order valence-electron chi connectivity index (χ3n) is 3.73. The van der Waals surface area contributed by atoms with Gasteiger partial charge in [-0.05, 0) is 31.2 Å². The number of hydrogen-bond donors (Lipinski definition) is 1. The van der Waals surface area contributed by atoms with Gasteiger partial charge in [0.1, 0.15) is 0 Å². The van der Waals surface area contributed by atoms with Gasteiger partial charge in [0.2, 0.25) is 0 Å². The molecule has 3 heterocycles. The number of nitrogens with one attached hydrogen (secondary N) is 1. The fraction of sp³-hybridized carbons (Fsp3) is 0.111. The van der Waals surface area contributed by atoms with Crippen LogP contribution in [0.2, 0.25) is 0 Å². The largest absolute Gasteiger partial charge is 0.274 e. The summed E-state index contributed by atoms with van der Waals surface area (Å²) in [5.41, 5.74) is 2.57. The second-order valence-corrected chi connectivity index (χ2v) is 6.69. The molecule has 3 aromatic heterocycles. The van der Waals surface area contributed by atoms with E-state index in [0.29, 0.717) is 23.0 Å². The fourth-order valence-corrected chi connectivity index (χ4v) is 3.22. The monoisotopic (exact) mass is 349 g/mol. The number of nitrogens with zero attached hydrogens (tertiary/aromatic N) is 4. The summed E-state index contributed by atoms with van der Waals surface area (Å²) in [7, 11) is 0. The zero-order valence-electron chi connectivity index (χ0n) is 13.5. The molecule has 0 saturated heterocycles. The first-order valence-electron chi connectivity index (χ1n) is 7.77. The topological polar surface area (TPSA) is 75.9 Å². The molecule has 0 spiro atoms. The smallest absolute Gasteiger partial charge is 0.271 e. The van der Waals surface area contributed by atoms with E-state index in [1.165, 1.54) is 10.1 Å². The van der Waals surface area contributed by atoms with Gasteiger partial charge < -0.3 is 0 Å². The maximum Gasteiger partial charge on any atom is 0.274 e. The van der Waals surface area contributed by atoms with Crippen molar-refractivity contribution in [1.29, 1.82) is 0 Å². The Kier molecular flexibility index (Phi) is 4.07. The van der Waals surface area contributed by atoms with Crippen LogP contribution in [-0.2, 0) is 5.75 Å². The van der Waals surface area contributed by atoms with E-state index in [-0.39, 0.29) is 5.56 Å². The van der Waals surface area contributed by atoms with E-state index < -0.39 is 0 Å². The van der Waals surface area contributed by atoms with Crippen LogP contribution >= 0.6 is 11.8 Å². The van der Waals surface area contributed by atoms with Crippen LogP contribution in [0, 0.1) is 6.92 Å². The van der Waals surface area contributed by atoms with Gasteiger partial charge in [-0.3, -0.25) is 14.9 Å². The van der Waals surface area contributed by atoms with Crippen molar-refractivity contribution < 1.29 is 0 Å². The molecule has 0 aliphatic rings. The van der Waals surface area contributed by atoms with Gasteiger partial charge in [0.15, 0.2) is 5.82 Å².